The van der Waals surface area contributed by atoms with Crippen LogP contribution >= 0.6 is 11.8 Å². The average Bonchev–Trinajstić information content (AvgIpc) is 3.01. The summed E-state index contributed by atoms with van der Waals surface area (Å²) in [5.41, 5.74) is 1.23. The molecule has 20 heavy (non-hydrogen) atoms. The Bertz CT molecular complexity index is 419. The zero-order chi connectivity index (χ0) is 14.4. The normalized spacial score (nSPS) is 17.4. The smallest absolute Gasteiger partial charge is 0.132 e. The summed E-state index contributed by atoms with van der Waals surface area (Å²) in [4.78, 5) is 1.16. The summed E-state index contributed by atoms with van der Waals surface area (Å²) in [5.74, 6) is 1.42. The van der Waals surface area contributed by atoms with Crippen molar-refractivity contribution in [1.29, 1.82) is 0 Å². The SMILES string of the molecule is COc1ccc(CNCC(O)C2CCCC2)cc1SC. The largest absolute Gasteiger partial charge is 0.496 e. The zero-order valence-electron chi connectivity index (χ0n) is 12.4. The number of thioether (sulfide) groups is 1. The van der Waals surface area contributed by atoms with Crippen molar-refractivity contribution in [3.63, 3.8) is 0 Å². The van der Waals surface area contributed by atoms with Gasteiger partial charge >= 0.3 is 0 Å². The Balaban J connectivity index is 1.81. The molecule has 1 aromatic rings. The standard InChI is InChI=1S/C16H25NO2S/c1-19-15-8-7-12(9-16(15)20-2)10-17-11-14(18)13-5-3-4-6-13/h7-9,13-14,17-18H,3-6,10-11H2,1-2H3. The average molecular weight is 295 g/mol. The van der Waals surface area contributed by atoms with Gasteiger partial charge in [0.1, 0.15) is 5.75 Å². The molecule has 0 aliphatic heterocycles. The molecule has 0 saturated heterocycles. The van der Waals surface area contributed by atoms with Gasteiger partial charge in [0, 0.05) is 18.0 Å². The summed E-state index contributed by atoms with van der Waals surface area (Å²) >= 11 is 1.69. The van der Waals surface area contributed by atoms with Crippen molar-refractivity contribution >= 4 is 11.8 Å². The van der Waals surface area contributed by atoms with E-state index in [1.54, 1.807) is 18.9 Å². The third-order valence-corrected chi connectivity index (χ3v) is 4.83. The van der Waals surface area contributed by atoms with Crippen LogP contribution in [0.2, 0.25) is 0 Å². The van der Waals surface area contributed by atoms with E-state index in [0.29, 0.717) is 12.5 Å². The topological polar surface area (TPSA) is 41.5 Å². The van der Waals surface area contributed by atoms with Gasteiger partial charge in [-0.15, -0.1) is 11.8 Å². The van der Waals surface area contributed by atoms with Crippen LogP contribution in [0.5, 0.6) is 5.75 Å². The van der Waals surface area contributed by atoms with Crippen LogP contribution in [-0.2, 0) is 6.54 Å². The summed E-state index contributed by atoms with van der Waals surface area (Å²) in [6.07, 6.45) is 6.77. The molecule has 0 heterocycles. The Kier molecular flexibility index (Phi) is 6.20. The first-order chi connectivity index (χ1) is 9.74. The van der Waals surface area contributed by atoms with Crippen LogP contribution in [-0.4, -0.2) is 31.1 Å². The summed E-state index contributed by atoms with van der Waals surface area (Å²) in [6.45, 7) is 1.48. The molecule has 0 spiro atoms. The van der Waals surface area contributed by atoms with E-state index in [1.165, 1.54) is 31.2 Å². The predicted octanol–water partition coefficient (Wildman–Crippen LogP) is 3.06. The van der Waals surface area contributed by atoms with Gasteiger partial charge in [-0.2, -0.15) is 0 Å². The van der Waals surface area contributed by atoms with Crippen molar-refractivity contribution in [3.8, 4) is 5.75 Å². The fourth-order valence-corrected chi connectivity index (χ4v) is 3.49. The lowest BCUT2D eigenvalue weighted by Crippen LogP contribution is -2.31. The second kappa shape index (κ2) is 7.91. The number of rotatable bonds is 7. The molecule has 0 bridgehead atoms. The molecule has 3 nitrogen and oxygen atoms in total. The minimum absolute atomic E-state index is 0.198. The Labute approximate surface area is 126 Å². The lowest BCUT2D eigenvalue weighted by molar-refractivity contribution is 0.109. The predicted molar refractivity (Wildman–Crippen MR) is 84.4 cm³/mol. The molecule has 1 aromatic carbocycles. The summed E-state index contributed by atoms with van der Waals surface area (Å²) < 4.78 is 5.32. The Morgan fingerprint density at radius 2 is 2.15 bits per heavy atom. The van der Waals surface area contributed by atoms with Crippen molar-refractivity contribution in [2.75, 3.05) is 19.9 Å². The van der Waals surface area contributed by atoms with Crippen LogP contribution in [0.4, 0.5) is 0 Å². The highest BCUT2D eigenvalue weighted by Gasteiger charge is 2.22. The molecule has 1 aliphatic carbocycles. The van der Waals surface area contributed by atoms with E-state index in [4.69, 9.17) is 4.74 Å². The highest BCUT2D eigenvalue weighted by atomic mass is 32.2. The number of hydrogen-bond donors (Lipinski definition) is 2. The lowest BCUT2D eigenvalue weighted by Gasteiger charge is -2.18. The van der Waals surface area contributed by atoms with Gasteiger partial charge in [-0.05, 0) is 42.7 Å². The monoisotopic (exact) mass is 295 g/mol. The Hall–Kier alpha value is -0.710. The van der Waals surface area contributed by atoms with Gasteiger partial charge in [-0.3, -0.25) is 0 Å². The van der Waals surface area contributed by atoms with Crippen LogP contribution in [0.25, 0.3) is 0 Å². The first kappa shape index (κ1) is 15.7. The van der Waals surface area contributed by atoms with Gasteiger partial charge < -0.3 is 15.2 Å². The van der Waals surface area contributed by atoms with Crippen molar-refractivity contribution < 1.29 is 9.84 Å². The van der Waals surface area contributed by atoms with Crippen molar-refractivity contribution in [1.82, 2.24) is 5.32 Å². The number of nitrogens with one attached hydrogen (secondary N) is 1. The maximum Gasteiger partial charge on any atom is 0.132 e. The molecule has 0 radical (unpaired) electrons. The lowest BCUT2D eigenvalue weighted by atomic mass is 10.0. The van der Waals surface area contributed by atoms with Crippen molar-refractivity contribution in [3.05, 3.63) is 23.8 Å². The molecular weight excluding hydrogens is 270 g/mol. The Morgan fingerprint density at radius 3 is 2.80 bits per heavy atom. The minimum Gasteiger partial charge on any atom is -0.496 e. The first-order valence-electron chi connectivity index (χ1n) is 7.34. The van der Waals surface area contributed by atoms with Gasteiger partial charge in [-0.1, -0.05) is 18.9 Å². The molecule has 1 aliphatic rings. The van der Waals surface area contributed by atoms with E-state index in [2.05, 4.69) is 23.7 Å². The third kappa shape index (κ3) is 4.14. The maximum atomic E-state index is 10.1. The molecule has 1 fully saturated rings. The summed E-state index contributed by atoms with van der Waals surface area (Å²) in [5, 5.41) is 13.5. The van der Waals surface area contributed by atoms with Gasteiger partial charge in [0.15, 0.2) is 0 Å². The van der Waals surface area contributed by atoms with Gasteiger partial charge in [0.05, 0.1) is 13.2 Å². The van der Waals surface area contributed by atoms with Crippen molar-refractivity contribution in [2.45, 2.75) is 43.2 Å². The molecule has 1 saturated carbocycles. The number of benzene rings is 1. The van der Waals surface area contributed by atoms with E-state index in [-0.39, 0.29) is 6.10 Å². The van der Waals surface area contributed by atoms with E-state index >= 15 is 0 Å². The number of methoxy groups -OCH3 is 1. The van der Waals surface area contributed by atoms with E-state index in [0.717, 1.165) is 17.2 Å². The second-order valence-corrected chi connectivity index (χ2v) is 6.28. The first-order valence-corrected chi connectivity index (χ1v) is 8.56. The Morgan fingerprint density at radius 1 is 1.40 bits per heavy atom. The fraction of sp³-hybridized carbons (Fsp3) is 0.625. The molecule has 1 unspecified atom stereocenters. The second-order valence-electron chi connectivity index (χ2n) is 5.43. The van der Waals surface area contributed by atoms with E-state index in [1.807, 2.05) is 6.07 Å². The zero-order valence-corrected chi connectivity index (χ0v) is 13.2. The van der Waals surface area contributed by atoms with E-state index < -0.39 is 0 Å². The van der Waals surface area contributed by atoms with Gasteiger partial charge in [-0.25, -0.2) is 0 Å². The highest BCUT2D eigenvalue weighted by molar-refractivity contribution is 7.98. The summed E-state index contributed by atoms with van der Waals surface area (Å²) in [6, 6.07) is 6.24. The van der Waals surface area contributed by atoms with E-state index in [9.17, 15) is 5.11 Å². The van der Waals surface area contributed by atoms with Crippen LogP contribution < -0.4 is 10.1 Å². The highest BCUT2D eigenvalue weighted by Crippen LogP contribution is 2.29. The molecule has 2 rings (SSSR count). The number of aliphatic hydroxyl groups excluding tert-OH is 1. The number of aliphatic hydroxyl groups is 1. The molecule has 112 valence electrons. The van der Waals surface area contributed by atoms with Crippen LogP contribution in [0.3, 0.4) is 0 Å². The van der Waals surface area contributed by atoms with Crippen LogP contribution in [0.1, 0.15) is 31.2 Å². The molecule has 2 N–H and O–H groups in total. The molecule has 0 aromatic heterocycles. The van der Waals surface area contributed by atoms with Crippen molar-refractivity contribution in [2.24, 2.45) is 5.92 Å². The quantitative estimate of drug-likeness (QED) is 0.759. The van der Waals surface area contributed by atoms with Crippen LogP contribution in [0.15, 0.2) is 23.1 Å². The molecule has 1 atom stereocenters. The van der Waals surface area contributed by atoms with Gasteiger partial charge in [0.2, 0.25) is 0 Å². The molecular formula is C16H25NO2S. The van der Waals surface area contributed by atoms with Crippen LogP contribution in [0, 0.1) is 5.92 Å². The fourth-order valence-electron chi connectivity index (χ4n) is 2.86. The van der Waals surface area contributed by atoms with Gasteiger partial charge in [0.25, 0.3) is 0 Å². The summed E-state index contributed by atoms with van der Waals surface area (Å²) in [7, 11) is 1.70. The molecule has 0 amide bonds. The number of ether oxygens (including phenoxy) is 1. The maximum absolute atomic E-state index is 10.1. The molecule has 4 heteroatoms. The third-order valence-electron chi connectivity index (χ3n) is 4.07. The number of hydrogen-bond acceptors (Lipinski definition) is 4. The minimum atomic E-state index is -0.198.